The molecule has 2 atom stereocenters. The molecule has 0 radical (unpaired) electrons. The van der Waals surface area contributed by atoms with Gasteiger partial charge in [-0.3, -0.25) is 23.9 Å². The molecule has 2 saturated heterocycles. The molecule has 3 aromatic heterocycles. The van der Waals surface area contributed by atoms with Crippen molar-refractivity contribution in [2.24, 2.45) is 5.16 Å². The average Bonchev–Trinajstić information content (AvgIpc) is 3.49. The zero-order valence-corrected chi connectivity index (χ0v) is 23.9. The van der Waals surface area contributed by atoms with Crippen molar-refractivity contribution in [1.82, 2.24) is 30.1 Å². The van der Waals surface area contributed by atoms with Gasteiger partial charge in [-0.2, -0.15) is 0 Å². The van der Waals surface area contributed by atoms with Crippen LogP contribution in [0.25, 0.3) is 11.2 Å². The minimum absolute atomic E-state index is 0.0738. The number of oxime groups is 1. The number of allylic oxidation sites excluding steroid dienone is 1. The second kappa shape index (κ2) is 10.9. The van der Waals surface area contributed by atoms with Crippen LogP contribution in [-0.2, 0) is 20.9 Å². The van der Waals surface area contributed by atoms with Gasteiger partial charge in [0.15, 0.2) is 17.1 Å². The highest BCUT2D eigenvalue weighted by atomic mass is 35.5. The number of rotatable bonds is 7. The molecule has 3 aliphatic rings. The minimum atomic E-state index is -0.938. The van der Waals surface area contributed by atoms with E-state index in [2.05, 4.69) is 30.3 Å². The van der Waals surface area contributed by atoms with E-state index in [9.17, 15) is 19.6 Å². The van der Waals surface area contributed by atoms with Gasteiger partial charge < -0.3 is 27.3 Å². The van der Waals surface area contributed by atoms with Crippen molar-refractivity contribution >= 4 is 80.8 Å². The third-order valence-electron chi connectivity index (χ3n) is 7.42. The number of hydrogen-bond acceptors (Lipinski definition) is 12. The average molecular weight is 618 g/mol. The molecule has 214 valence electrons. The maximum Gasteiger partial charge on any atom is 0.351 e. The van der Waals surface area contributed by atoms with Crippen LogP contribution in [0.4, 0.5) is 11.1 Å². The maximum atomic E-state index is 13.2. The lowest BCUT2D eigenvalue weighted by molar-refractivity contribution is -0.664. The van der Waals surface area contributed by atoms with Crippen molar-refractivity contribution in [3.63, 3.8) is 0 Å². The van der Waals surface area contributed by atoms with E-state index in [1.807, 2.05) is 22.9 Å². The predicted molar refractivity (Wildman–Crippen MR) is 153 cm³/mol. The number of β-lactam (4-membered cyclic amide) rings is 1. The summed E-state index contributed by atoms with van der Waals surface area (Å²) < 4.78 is 4.08. The molecule has 2 fully saturated rings. The monoisotopic (exact) mass is 617 g/mol. The van der Waals surface area contributed by atoms with Crippen LogP contribution in [-0.4, -0.2) is 78.7 Å². The number of thioether (sulfide) groups is 1. The number of anilines is 2. The summed E-state index contributed by atoms with van der Waals surface area (Å²) >= 11 is 8.39. The zero-order valence-electron chi connectivity index (χ0n) is 21.5. The fourth-order valence-corrected chi connectivity index (χ4v) is 7.78. The number of nitrogen functional groups attached to an aromatic ring is 2. The Labute approximate surface area is 246 Å². The Morgan fingerprint density at radius 3 is 2.80 bits per heavy atom. The molecule has 7 N–H and O–H groups in total. The number of piperidine rings is 1. The van der Waals surface area contributed by atoms with Crippen molar-refractivity contribution in [1.29, 1.82) is 0 Å². The number of nitrogens with two attached hydrogens (primary N) is 2. The van der Waals surface area contributed by atoms with Gasteiger partial charge >= 0.3 is 11.6 Å². The van der Waals surface area contributed by atoms with Crippen LogP contribution in [0.2, 0.25) is 4.34 Å². The van der Waals surface area contributed by atoms with Gasteiger partial charge in [-0.05, 0) is 43.0 Å². The van der Waals surface area contributed by atoms with Crippen molar-refractivity contribution in [3.05, 3.63) is 39.6 Å². The number of hydrogen-bond donors (Lipinski definition) is 5. The van der Waals surface area contributed by atoms with Crippen molar-refractivity contribution in [3.8, 4) is 0 Å². The van der Waals surface area contributed by atoms with E-state index in [1.54, 1.807) is 0 Å². The first-order valence-corrected chi connectivity index (χ1v) is 15.0. The standard InChI is InChI=1S/C24H25ClN10O4S2/c25-18-15(30-24(27)41-18)16(32-39)20(37)29-17-21(38)35-14(9-36)11(10-40-22(17)35)8-33-7-1-2-13-19(33)31-23(26)34(13)12-3-5-28-6-4-12/h1-2,7,9,12,17,22,26,28H,3-6,8,10H2,(H4,27,29,30,37,39)/p+1. The molecule has 2 unspecified atom stereocenters. The largest absolute Gasteiger partial charge is 0.410 e. The van der Waals surface area contributed by atoms with Crippen molar-refractivity contribution in [2.45, 2.75) is 36.8 Å². The van der Waals surface area contributed by atoms with Gasteiger partial charge in [-0.1, -0.05) is 28.1 Å². The lowest BCUT2D eigenvalue weighted by Crippen LogP contribution is -2.70. The number of fused-ring (bicyclic) bond motifs is 2. The van der Waals surface area contributed by atoms with Gasteiger partial charge in [0.2, 0.25) is 0 Å². The van der Waals surface area contributed by atoms with Gasteiger partial charge in [-0.15, -0.1) is 11.8 Å². The molecule has 0 saturated carbocycles. The summed E-state index contributed by atoms with van der Waals surface area (Å²) in [5.41, 5.74) is 14.1. The topological polar surface area (TPSA) is 198 Å². The first-order valence-electron chi connectivity index (χ1n) is 12.8. The van der Waals surface area contributed by atoms with Crippen LogP contribution in [0.15, 0.2) is 34.8 Å². The van der Waals surface area contributed by atoms with Crippen LogP contribution in [0, 0.1) is 0 Å². The van der Waals surface area contributed by atoms with Crippen LogP contribution in [0.5, 0.6) is 0 Å². The highest BCUT2D eigenvalue weighted by molar-refractivity contribution is 8.00. The number of carbonyl (C=O) groups is 3. The molecule has 0 aromatic carbocycles. The summed E-state index contributed by atoms with van der Waals surface area (Å²) in [5, 5.41) is 18.0. The van der Waals surface area contributed by atoms with Gasteiger partial charge in [0.05, 0.1) is 11.9 Å². The lowest BCUT2D eigenvalue weighted by atomic mass is 10.0. The van der Waals surface area contributed by atoms with Gasteiger partial charge in [0.1, 0.15) is 33.5 Å². The molecular formula is C24H26ClN10O4S2+. The smallest absolute Gasteiger partial charge is 0.351 e. The molecule has 6 rings (SSSR count). The van der Waals surface area contributed by atoms with Gasteiger partial charge in [0, 0.05) is 17.4 Å². The highest BCUT2D eigenvalue weighted by Crippen LogP contribution is 2.40. The van der Waals surface area contributed by atoms with Crippen molar-refractivity contribution < 1.29 is 24.2 Å². The molecule has 14 nitrogen and oxygen atoms in total. The first kappa shape index (κ1) is 27.4. The normalized spacial score (nSPS) is 21.6. The summed E-state index contributed by atoms with van der Waals surface area (Å²) in [6.07, 6.45) is 4.45. The molecule has 0 bridgehead atoms. The molecule has 0 spiro atoms. The Morgan fingerprint density at radius 1 is 1.34 bits per heavy atom. The second-order valence-electron chi connectivity index (χ2n) is 9.76. The van der Waals surface area contributed by atoms with Crippen molar-refractivity contribution in [2.75, 3.05) is 30.3 Å². The zero-order chi connectivity index (χ0) is 28.8. The first-order chi connectivity index (χ1) is 19.8. The SMILES string of the molecule is Nc1nc(/C(=N/O)C(=O)NC2C(=O)N3C(C=O)=C(C[n+]4cccc5c4nc(N)n5C4CCNCC4)CSC23)c(Cl)s1. The van der Waals surface area contributed by atoms with E-state index < -0.39 is 28.9 Å². The third-order valence-corrected chi connectivity index (χ3v) is 9.84. The number of nitrogens with one attached hydrogen (secondary N) is 2. The fraction of sp³-hybridized carbons (Fsp3) is 0.375. The minimum Gasteiger partial charge on any atom is -0.410 e. The number of pyridine rings is 1. The lowest BCUT2D eigenvalue weighted by Gasteiger charge is -2.49. The second-order valence-corrected chi connectivity index (χ2v) is 12.5. The summed E-state index contributed by atoms with van der Waals surface area (Å²) in [5.74, 6) is -0.416. The number of thiazole rings is 1. The summed E-state index contributed by atoms with van der Waals surface area (Å²) in [4.78, 5) is 48.2. The van der Waals surface area contributed by atoms with Gasteiger partial charge in [-0.25, -0.2) is 9.55 Å². The van der Waals surface area contributed by atoms with E-state index in [-0.39, 0.29) is 26.9 Å². The molecule has 17 heteroatoms. The van der Waals surface area contributed by atoms with Crippen LogP contribution < -0.4 is 26.7 Å². The van der Waals surface area contributed by atoms with E-state index in [1.165, 1.54) is 16.7 Å². The van der Waals surface area contributed by atoms with Gasteiger partial charge in [0.25, 0.3) is 11.8 Å². The Balaban J connectivity index is 1.22. The van der Waals surface area contributed by atoms with E-state index in [4.69, 9.17) is 23.1 Å². The Morgan fingerprint density at radius 2 is 2.12 bits per heavy atom. The number of halogens is 1. The van der Waals surface area contributed by atoms with E-state index in [0.29, 0.717) is 30.2 Å². The number of aromatic nitrogens is 4. The number of amides is 2. The molecule has 41 heavy (non-hydrogen) atoms. The molecule has 3 aromatic rings. The van der Waals surface area contributed by atoms with E-state index in [0.717, 1.165) is 48.4 Å². The maximum absolute atomic E-state index is 13.2. The number of carbonyl (C=O) groups excluding carboxylic acids is 3. The summed E-state index contributed by atoms with van der Waals surface area (Å²) in [6, 6.07) is 3.22. The predicted octanol–water partition coefficient (Wildman–Crippen LogP) is 0.254. The quantitative estimate of drug-likeness (QED) is 0.0612. The molecule has 6 heterocycles. The fourth-order valence-electron chi connectivity index (χ4n) is 5.50. The highest BCUT2D eigenvalue weighted by Gasteiger charge is 2.53. The van der Waals surface area contributed by atoms with Crippen LogP contribution in [0.3, 0.4) is 0 Å². The Bertz CT molecular complexity index is 1630. The third kappa shape index (κ3) is 4.69. The molecule has 0 aliphatic carbocycles. The summed E-state index contributed by atoms with van der Waals surface area (Å²) in [6.45, 7) is 2.16. The molecular weight excluding hydrogens is 592 g/mol. The number of imidazole rings is 1. The Hall–Kier alpha value is -3.73. The molecule has 3 aliphatic heterocycles. The number of aldehydes is 1. The summed E-state index contributed by atoms with van der Waals surface area (Å²) in [7, 11) is 0. The number of nitrogens with zero attached hydrogens (tertiary/aromatic N) is 6. The van der Waals surface area contributed by atoms with Crippen LogP contribution in [0.1, 0.15) is 24.6 Å². The Kier molecular flexibility index (Phi) is 7.31. The van der Waals surface area contributed by atoms with E-state index >= 15 is 0 Å². The van der Waals surface area contributed by atoms with Crippen LogP contribution >= 0.6 is 34.7 Å². The molecule has 2 amide bonds.